The number of benzene rings is 1. The Labute approximate surface area is 151 Å². The number of rotatable bonds is 4. The lowest BCUT2D eigenvalue weighted by molar-refractivity contribution is -0.140. The van der Waals surface area contributed by atoms with Crippen LogP contribution in [-0.2, 0) is 17.5 Å². The van der Waals surface area contributed by atoms with Crippen molar-refractivity contribution in [3.8, 4) is 0 Å². The SMILES string of the molecule is O=C1CCC2(CCCN(Cc3cccc(C(F)(F)F)c3)C2)CN1CCO. The van der Waals surface area contributed by atoms with Gasteiger partial charge in [-0.15, -0.1) is 0 Å². The molecule has 4 nitrogen and oxygen atoms in total. The Balaban J connectivity index is 1.68. The first kappa shape index (κ1) is 19.2. The predicted octanol–water partition coefficient (Wildman–Crippen LogP) is 2.90. The molecule has 1 spiro atoms. The van der Waals surface area contributed by atoms with Gasteiger partial charge < -0.3 is 10.0 Å². The molecule has 0 radical (unpaired) electrons. The predicted molar refractivity (Wildman–Crippen MR) is 91.3 cm³/mol. The van der Waals surface area contributed by atoms with Gasteiger partial charge in [-0.1, -0.05) is 18.2 Å². The third-order valence-corrected chi connectivity index (χ3v) is 5.52. The van der Waals surface area contributed by atoms with E-state index in [0.29, 0.717) is 31.6 Å². The number of hydrogen-bond acceptors (Lipinski definition) is 3. The lowest BCUT2D eigenvalue weighted by Gasteiger charge is -2.48. The fourth-order valence-electron chi connectivity index (χ4n) is 4.31. The van der Waals surface area contributed by atoms with E-state index in [1.54, 1.807) is 11.0 Å². The number of alkyl halides is 3. The topological polar surface area (TPSA) is 43.8 Å². The monoisotopic (exact) mass is 370 g/mol. The van der Waals surface area contributed by atoms with E-state index in [2.05, 4.69) is 4.90 Å². The molecule has 144 valence electrons. The van der Waals surface area contributed by atoms with Gasteiger partial charge in [0.1, 0.15) is 0 Å². The van der Waals surface area contributed by atoms with Gasteiger partial charge in [0, 0.05) is 38.0 Å². The van der Waals surface area contributed by atoms with Gasteiger partial charge in [0.05, 0.1) is 12.2 Å². The molecular weight excluding hydrogens is 345 g/mol. The van der Waals surface area contributed by atoms with E-state index >= 15 is 0 Å². The quantitative estimate of drug-likeness (QED) is 0.886. The van der Waals surface area contributed by atoms with Crippen molar-refractivity contribution in [2.75, 3.05) is 32.8 Å². The van der Waals surface area contributed by atoms with Crippen LogP contribution in [0.15, 0.2) is 24.3 Å². The number of carbonyl (C=O) groups excluding carboxylic acids is 1. The van der Waals surface area contributed by atoms with Crippen molar-refractivity contribution in [3.05, 3.63) is 35.4 Å². The van der Waals surface area contributed by atoms with Crippen molar-refractivity contribution in [3.63, 3.8) is 0 Å². The minimum absolute atomic E-state index is 0.0109. The standard InChI is InChI=1S/C19H25F3N2O2/c20-19(21,22)16-4-1-3-15(11-16)12-23-8-2-6-18(13-23)7-5-17(26)24(14-18)9-10-25/h1,3-4,11,25H,2,5-10,12-14H2. The lowest BCUT2D eigenvalue weighted by Crippen LogP contribution is -2.54. The molecule has 1 aromatic rings. The van der Waals surface area contributed by atoms with Crippen molar-refractivity contribution in [2.24, 2.45) is 5.41 Å². The lowest BCUT2D eigenvalue weighted by atomic mass is 9.73. The van der Waals surface area contributed by atoms with E-state index in [-0.39, 0.29) is 17.9 Å². The molecule has 2 aliphatic rings. The molecule has 1 aromatic carbocycles. The summed E-state index contributed by atoms with van der Waals surface area (Å²) in [4.78, 5) is 15.9. The molecule has 1 unspecified atom stereocenters. The third kappa shape index (κ3) is 4.38. The van der Waals surface area contributed by atoms with Crippen molar-refractivity contribution < 1.29 is 23.1 Å². The fourth-order valence-corrected chi connectivity index (χ4v) is 4.31. The zero-order valence-electron chi connectivity index (χ0n) is 14.8. The number of likely N-dealkylation sites (tertiary alicyclic amines) is 2. The summed E-state index contributed by atoms with van der Waals surface area (Å²) < 4.78 is 38.7. The average Bonchev–Trinajstić information content (AvgIpc) is 2.58. The normalized spacial score (nSPS) is 25.1. The molecular formula is C19H25F3N2O2. The zero-order chi connectivity index (χ0) is 18.8. The first-order valence-corrected chi connectivity index (χ1v) is 9.08. The molecule has 2 heterocycles. The largest absolute Gasteiger partial charge is 0.416 e. The fraction of sp³-hybridized carbons (Fsp3) is 0.632. The Morgan fingerprint density at radius 1 is 1.19 bits per heavy atom. The Morgan fingerprint density at radius 3 is 2.73 bits per heavy atom. The van der Waals surface area contributed by atoms with E-state index < -0.39 is 11.7 Å². The maximum atomic E-state index is 12.9. The first-order valence-electron chi connectivity index (χ1n) is 9.08. The highest BCUT2D eigenvalue weighted by atomic mass is 19.4. The van der Waals surface area contributed by atoms with Crippen LogP contribution in [0, 0.1) is 5.41 Å². The molecule has 7 heteroatoms. The van der Waals surface area contributed by atoms with Crippen LogP contribution in [-0.4, -0.2) is 53.6 Å². The molecule has 1 atom stereocenters. The molecule has 3 rings (SSSR count). The number of piperidine rings is 2. The highest BCUT2D eigenvalue weighted by Gasteiger charge is 2.41. The van der Waals surface area contributed by atoms with Crippen LogP contribution >= 0.6 is 0 Å². The van der Waals surface area contributed by atoms with Crippen molar-refractivity contribution in [1.29, 1.82) is 0 Å². The molecule has 2 saturated heterocycles. The van der Waals surface area contributed by atoms with Crippen LogP contribution in [0.5, 0.6) is 0 Å². The number of hydrogen-bond donors (Lipinski definition) is 1. The highest BCUT2D eigenvalue weighted by molar-refractivity contribution is 5.77. The minimum Gasteiger partial charge on any atom is -0.395 e. The summed E-state index contributed by atoms with van der Waals surface area (Å²) in [6.45, 7) is 3.06. The second-order valence-corrected chi connectivity index (χ2v) is 7.55. The van der Waals surface area contributed by atoms with E-state index in [1.807, 2.05) is 0 Å². The van der Waals surface area contributed by atoms with Gasteiger partial charge in [0.25, 0.3) is 0 Å². The third-order valence-electron chi connectivity index (χ3n) is 5.52. The summed E-state index contributed by atoms with van der Waals surface area (Å²) in [5.74, 6) is 0.0830. The van der Waals surface area contributed by atoms with Crippen molar-refractivity contribution in [1.82, 2.24) is 9.80 Å². The summed E-state index contributed by atoms with van der Waals surface area (Å²) in [5, 5.41) is 9.17. The van der Waals surface area contributed by atoms with Gasteiger partial charge >= 0.3 is 6.18 Å². The van der Waals surface area contributed by atoms with Crippen molar-refractivity contribution >= 4 is 5.91 Å². The molecule has 1 amide bonds. The maximum Gasteiger partial charge on any atom is 0.416 e. The van der Waals surface area contributed by atoms with Crippen LogP contribution in [0.4, 0.5) is 13.2 Å². The van der Waals surface area contributed by atoms with Crippen LogP contribution in [0.25, 0.3) is 0 Å². The number of carbonyl (C=O) groups is 1. The molecule has 0 aromatic heterocycles. The number of halogens is 3. The Bertz CT molecular complexity index is 650. The van der Waals surface area contributed by atoms with Gasteiger partial charge in [-0.3, -0.25) is 9.69 Å². The summed E-state index contributed by atoms with van der Waals surface area (Å²) in [5.41, 5.74) is 0.0401. The molecule has 0 bridgehead atoms. The van der Waals surface area contributed by atoms with E-state index in [9.17, 15) is 18.0 Å². The Hall–Kier alpha value is -1.60. The summed E-state index contributed by atoms with van der Waals surface area (Å²) in [6, 6.07) is 5.52. The molecule has 2 aliphatic heterocycles. The van der Waals surface area contributed by atoms with Gasteiger partial charge in [0.15, 0.2) is 0 Å². The van der Waals surface area contributed by atoms with Crippen LogP contribution in [0.2, 0.25) is 0 Å². The molecule has 0 saturated carbocycles. The molecule has 26 heavy (non-hydrogen) atoms. The van der Waals surface area contributed by atoms with Gasteiger partial charge in [-0.25, -0.2) is 0 Å². The minimum atomic E-state index is -4.33. The number of aliphatic hydroxyl groups is 1. The second kappa shape index (κ2) is 7.56. The summed E-state index contributed by atoms with van der Waals surface area (Å²) in [7, 11) is 0. The number of amides is 1. The Kier molecular flexibility index (Phi) is 5.58. The zero-order valence-corrected chi connectivity index (χ0v) is 14.8. The Morgan fingerprint density at radius 2 is 2.00 bits per heavy atom. The summed E-state index contributed by atoms with van der Waals surface area (Å²) in [6.07, 6.45) is -1.04. The number of nitrogens with zero attached hydrogens (tertiary/aromatic N) is 2. The smallest absolute Gasteiger partial charge is 0.395 e. The van der Waals surface area contributed by atoms with Gasteiger partial charge in [-0.05, 0) is 37.4 Å². The van der Waals surface area contributed by atoms with Crippen LogP contribution < -0.4 is 0 Å². The van der Waals surface area contributed by atoms with Crippen LogP contribution in [0.3, 0.4) is 0 Å². The van der Waals surface area contributed by atoms with E-state index in [4.69, 9.17) is 5.11 Å². The number of aliphatic hydroxyl groups excluding tert-OH is 1. The van der Waals surface area contributed by atoms with E-state index in [1.165, 1.54) is 12.1 Å². The molecule has 1 N–H and O–H groups in total. The van der Waals surface area contributed by atoms with Crippen molar-refractivity contribution in [2.45, 2.75) is 38.4 Å². The van der Waals surface area contributed by atoms with Crippen LogP contribution in [0.1, 0.15) is 36.8 Å². The second-order valence-electron chi connectivity index (χ2n) is 7.55. The highest BCUT2D eigenvalue weighted by Crippen LogP contribution is 2.39. The first-order chi connectivity index (χ1) is 12.3. The summed E-state index contributed by atoms with van der Waals surface area (Å²) >= 11 is 0. The average molecular weight is 370 g/mol. The van der Waals surface area contributed by atoms with Gasteiger partial charge in [0.2, 0.25) is 5.91 Å². The molecule has 2 fully saturated rings. The van der Waals surface area contributed by atoms with E-state index in [0.717, 1.165) is 38.4 Å². The van der Waals surface area contributed by atoms with Gasteiger partial charge in [-0.2, -0.15) is 13.2 Å². The molecule has 0 aliphatic carbocycles. The maximum absolute atomic E-state index is 12.9. The number of β-amino-alcohol motifs (C(OH)–C–C–N with tert-alkyl or cyclic N) is 1.